The van der Waals surface area contributed by atoms with Crippen molar-refractivity contribution in [2.75, 3.05) is 11.1 Å². The number of aromatic nitrogens is 3. The molecule has 6 nitrogen and oxygen atoms in total. The number of halogens is 3. The monoisotopic (exact) mass is 536 g/mol. The average molecular weight is 538 g/mol. The van der Waals surface area contributed by atoms with Crippen molar-refractivity contribution in [3.63, 3.8) is 0 Å². The maximum Gasteiger partial charge on any atom is 0.234 e. The fourth-order valence-electron chi connectivity index (χ4n) is 2.91. The minimum absolute atomic E-state index is 0.116. The van der Waals surface area contributed by atoms with Crippen molar-refractivity contribution < 1.29 is 9.21 Å². The van der Waals surface area contributed by atoms with Gasteiger partial charge in [0.25, 0.3) is 0 Å². The number of fused-ring (bicyclic) bond motifs is 1. The SMILES string of the molecule is C=CCn1c(SCC(=O)Nc2cc(Cl)ccc2Cl)nnc1-c1cc2cc(Br)ccc2o1. The highest BCUT2D eigenvalue weighted by atomic mass is 79.9. The summed E-state index contributed by atoms with van der Waals surface area (Å²) < 4.78 is 8.76. The Morgan fingerprint density at radius 2 is 2.06 bits per heavy atom. The lowest BCUT2D eigenvalue weighted by Gasteiger charge is -2.08. The predicted molar refractivity (Wildman–Crippen MR) is 129 cm³/mol. The number of rotatable bonds is 7. The number of benzene rings is 2. The molecular weight excluding hydrogens is 523 g/mol. The Hall–Kier alpha value is -2.26. The Bertz CT molecular complexity index is 1290. The molecular formula is C21H15BrCl2N4O2S. The summed E-state index contributed by atoms with van der Waals surface area (Å²) in [6, 6.07) is 12.6. The first kappa shape index (κ1) is 22.0. The van der Waals surface area contributed by atoms with Gasteiger partial charge in [0, 0.05) is 21.4 Å². The lowest BCUT2D eigenvalue weighted by molar-refractivity contribution is -0.113. The van der Waals surface area contributed by atoms with Crippen molar-refractivity contribution in [3.8, 4) is 11.6 Å². The number of nitrogens with one attached hydrogen (secondary N) is 1. The molecule has 4 rings (SSSR count). The molecule has 0 aliphatic rings. The molecule has 31 heavy (non-hydrogen) atoms. The highest BCUT2D eigenvalue weighted by Crippen LogP contribution is 2.31. The van der Waals surface area contributed by atoms with Gasteiger partial charge in [0.2, 0.25) is 11.7 Å². The standard InChI is InChI=1S/C21H15BrCl2N4O2S/c1-2-7-28-20(18-9-12-8-13(22)3-6-17(12)30-18)26-27-21(28)31-11-19(29)25-16-10-14(23)4-5-15(16)24/h2-6,8-10H,1,7,11H2,(H,25,29). The van der Waals surface area contributed by atoms with Crippen molar-refractivity contribution in [2.45, 2.75) is 11.7 Å². The number of hydrogen-bond donors (Lipinski definition) is 1. The number of nitrogens with zero attached hydrogens (tertiary/aromatic N) is 3. The quantitative estimate of drug-likeness (QED) is 0.210. The smallest absolute Gasteiger partial charge is 0.234 e. The van der Waals surface area contributed by atoms with Gasteiger partial charge in [0.15, 0.2) is 10.9 Å². The van der Waals surface area contributed by atoms with Crippen molar-refractivity contribution in [1.82, 2.24) is 14.8 Å². The van der Waals surface area contributed by atoms with E-state index in [0.717, 1.165) is 15.4 Å². The van der Waals surface area contributed by atoms with E-state index in [1.165, 1.54) is 11.8 Å². The van der Waals surface area contributed by atoms with Crippen LogP contribution in [0.4, 0.5) is 5.69 Å². The predicted octanol–water partition coefficient (Wildman–Crippen LogP) is 6.68. The van der Waals surface area contributed by atoms with Crippen LogP contribution in [0, 0.1) is 0 Å². The Morgan fingerprint density at radius 1 is 1.23 bits per heavy atom. The van der Waals surface area contributed by atoms with Crippen LogP contribution in [0.25, 0.3) is 22.6 Å². The van der Waals surface area contributed by atoms with Gasteiger partial charge in [0.05, 0.1) is 16.5 Å². The van der Waals surface area contributed by atoms with Gasteiger partial charge in [-0.25, -0.2) is 0 Å². The molecule has 2 aromatic carbocycles. The molecule has 0 atom stereocenters. The van der Waals surface area contributed by atoms with Crippen LogP contribution in [0.1, 0.15) is 0 Å². The first-order chi connectivity index (χ1) is 14.9. The van der Waals surface area contributed by atoms with Crippen LogP contribution in [-0.4, -0.2) is 26.4 Å². The van der Waals surface area contributed by atoms with E-state index in [1.807, 2.05) is 28.8 Å². The molecule has 0 saturated carbocycles. The van der Waals surface area contributed by atoms with Gasteiger partial charge >= 0.3 is 0 Å². The zero-order valence-corrected chi connectivity index (χ0v) is 19.9. The number of carbonyl (C=O) groups is 1. The van der Waals surface area contributed by atoms with Crippen LogP contribution in [-0.2, 0) is 11.3 Å². The molecule has 0 fully saturated rings. The third-order valence-corrected chi connectivity index (χ3v) is 6.29. The average Bonchev–Trinajstić information content (AvgIpc) is 3.33. The summed E-state index contributed by atoms with van der Waals surface area (Å²) in [6.07, 6.45) is 1.74. The zero-order valence-electron chi connectivity index (χ0n) is 15.9. The summed E-state index contributed by atoms with van der Waals surface area (Å²) in [5.74, 6) is 1.03. The largest absolute Gasteiger partial charge is 0.453 e. The summed E-state index contributed by atoms with van der Waals surface area (Å²) in [6.45, 7) is 4.27. The van der Waals surface area contributed by atoms with Gasteiger partial charge < -0.3 is 9.73 Å². The highest BCUT2D eigenvalue weighted by Gasteiger charge is 2.18. The van der Waals surface area contributed by atoms with E-state index in [1.54, 1.807) is 24.3 Å². The highest BCUT2D eigenvalue weighted by molar-refractivity contribution is 9.10. The Labute approximate surface area is 200 Å². The van der Waals surface area contributed by atoms with Crippen LogP contribution in [0.3, 0.4) is 0 Å². The molecule has 1 amide bonds. The lowest BCUT2D eigenvalue weighted by atomic mass is 10.2. The maximum atomic E-state index is 12.4. The maximum absolute atomic E-state index is 12.4. The van der Waals surface area contributed by atoms with E-state index in [-0.39, 0.29) is 11.7 Å². The second-order valence-corrected chi connectivity index (χ2v) is 9.16. The van der Waals surface area contributed by atoms with Gasteiger partial charge in [-0.1, -0.05) is 57.0 Å². The van der Waals surface area contributed by atoms with Crippen LogP contribution in [0.2, 0.25) is 10.0 Å². The second kappa shape index (κ2) is 9.48. The van der Waals surface area contributed by atoms with Crippen LogP contribution in [0.5, 0.6) is 0 Å². The molecule has 1 N–H and O–H groups in total. The number of furan rings is 1. The number of amides is 1. The Morgan fingerprint density at radius 3 is 2.87 bits per heavy atom. The van der Waals surface area contributed by atoms with E-state index >= 15 is 0 Å². The Balaban J connectivity index is 1.53. The molecule has 0 spiro atoms. The van der Waals surface area contributed by atoms with E-state index in [0.29, 0.717) is 39.0 Å². The molecule has 158 valence electrons. The first-order valence-electron chi connectivity index (χ1n) is 9.06. The zero-order chi connectivity index (χ0) is 22.0. The first-order valence-corrected chi connectivity index (χ1v) is 11.6. The third-order valence-electron chi connectivity index (χ3n) is 4.26. The number of hydrogen-bond acceptors (Lipinski definition) is 5. The number of allylic oxidation sites excluding steroid dienone is 1. The van der Waals surface area contributed by atoms with Gasteiger partial charge in [-0.05, 0) is 42.5 Å². The van der Waals surface area contributed by atoms with E-state index in [4.69, 9.17) is 27.6 Å². The van der Waals surface area contributed by atoms with Crippen molar-refractivity contribution >= 4 is 73.5 Å². The Kier molecular flexibility index (Phi) is 6.71. The topological polar surface area (TPSA) is 73.0 Å². The molecule has 0 unspecified atom stereocenters. The normalized spacial score (nSPS) is 11.1. The van der Waals surface area contributed by atoms with E-state index in [9.17, 15) is 4.79 Å². The summed E-state index contributed by atoms with van der Waals surface area (Å²) in [7, 11) is 0. The third kappa shape index (κ3) is 4.98. The van der Waals surface area contributed by atoms with Crippen molar-refractivity contribution in [3.05, 3.63) is 69.6 Å². The number of carbonyl (C=O) groups excluding carboxylic acids is 1. The summed E-state index contributed by atoms with van der Waals surface area (Å²) in [4.78, 5) is 12.4. The summed E-state index contributed by atoms with van der Waals surface area (Å²) >= 11 is 16.8. The van der Waals surface area contributed by atoms with Crippen LogP contribution in [0.15, 0.2) is 69.2 Å². The molecule has 0 radical (unpaired) electrons. The van der Waals surface area contributed by atoms with Gasteiger partial charge in [-0.2, -0.15) is 0 Å². The van der Waals surface area contributed by atoms with E-state index in [2.05, 4.69) is 38.0 Å². The fourth-order valence-corrected chi connectivity index (χ4v) is 4.37. The number of anilines is 1. The molecule has 0 aliphatic heterocycles. The summed E-state index contributed by atoms with van der Waals surface area (Å²) in [5, 5.41) is 13.7. The van der Waals surface area contributed by atoms with Crippen LogP contribution >= 0.6 is 50.9 Å². The fraction of sp³-hybridized carbons (Fsp3) is 0.0952. The van der Waals surface area contributed by atoms with Crippen molar-refractivity contribution in [2.24, 2.45) is 0 Å². The minimum Gasteiger partial charge on any atom is -0.453 e. The molecule has 0 bridgehead atoms. The minimum atomic E-state index is -0.238. The lowest BCUT2D eigenvalue weighted by Crippen LogP contribution is -2.15. The molecule has 0 aliphatic carbocycles. The van der Waals surface area contributed by atoms with Crippen LogP contribution < -0.4 is 5.32 Å². The second-order valence-electron chi connectivity index (χ2n) is 6.46. The molecule has 10 heteroatoms. The van der Waals surface area contributed by atoms with Gasteiger partial charge in [-0.15, -0.1) is 16.8 Å². The number of thioether (sulfide) groups is 1. The van der Waals surface area contributed by atoms with E-state index < -0.39 is 0 Å². The summed E-state index contributed by atoms with van der Waals surface area (Å²) in [5.41, 5.74) is 1.21. The molecule has 2 heterocycles. The van der Waals surface area contributed by atoms with Gasteiger partial charge in [-0.3, -0.25) is 9.36 Å². The molecule has 0 saturated heterocycles. The molecule has 2 aromatic heterocycles. The van der Waals surface area contributed by atoms with Gasteiger partial charge in [0.1, 0.15) is 5.58 Å². The molecule has 4 aromatic rings. The van der Waals surface area contributed by atoms with Crippen molar-refractivity contribution in [1.29, 1.82) is 0 Å².